The van der Waals surface area contributed by atoms with Crippen molar-refractivity contribution in [2.24, 2.45) is 5.73 Å². The van der Waals surface area contributed by atoms with Crippen molar-refractivity contribution in [2.45, 2.75) is 0 Å². The monoisotopic (exact) mass is 206 g/mol. The van der Waals surface area contributed by atoms with E-state index in [1.807, 2.05) is 5.48 Å². The van der Waals surface area contributed by atoms with Gasteiger partial charge in [-0.15, -0.1) is 0 Å². The number of nitrogens with one attached hydrogen (secondary N) is 1. The van der Waals surface area contributed by atoms with Crippen molar-refractivity contribution < 1.29 is 23.9 Å². The van der Waals surface area contributed by atoms with Crippen molar-refractivity contribution in [3.05, 3.63) is 0 Å². The minimum absolute atomic E-state index is 0.151. The lowest BCUT2D eigenvalue weighted by atomic mass is 10.6. The third-order valence-corrected chi connectivity index (χ3v) is 1.07. The Morgan fingerprint density at radius 3 is 2.57 bits per heavy atom. The summed E-state index contributed by atoms with van der Waals surface area (Å²) in [6.07, 6.45) is 0. The number of carbonyl (C=O) groups excluding carboxylic acids is 2. The number of carbonyl (C=O) groups is 2. The molecule has 0 unspecified atom stereocenters. The maximum Gasteiger partial charge on any atom is 0.269 e. The number of hydrogen-bond acceptors (Lipinski definition) is 5. The maximum absolute atomic E-state index is 10.8. The first kappa shape index (κ1) is 12.8. The number of amides is 2. The van der Waals surface area contributed by atoms with Crippen molar-refractivity contribution in [3.8, 4) is 0 Å². The van der Waals surface area contributed by atoms with E-state index in [1.54, 1.807) is 0 Å². The predicted octanol–water partition coefficient (Wildman–Crippen LogP) is -1.82. The van der Waals surface area contributed by atoms with Crippen molar-refractivity contribution >= 4 is 11.8 Å². The van der Waals surface area contributed by atoms with Gasteiger partial charge in [0.2, 0.25) is 5.91 Å². The van der Waals surface area contributed by atoms with E-state index in [-0.39, 0.29) is 13.2 Å². The van der Waals surface area contributed by atoms with Crippen LogP contribution in [0.3, 0.4) is 0 Å². The van der Waals surface area contributed by atoms with Gasteiger partial charge < -0.3 is 15.2 Å². The van der Waals surface area contributed by atoms with Gasteiger partial charge in [-0.1, -0.05) is 0 Å². The highest BCUT2D eigenvalue weighted by molar-refractivity contribution is 5.77. The van der Waals surface area contributed by atoms with Gasteiger partial charge in [0, 0.05) is 7.11 Å². The average molecular weight is 206 g/mol. The molecule has 0 aliphatic carbocycles. The third-order valence-electron chi connectivity index (χ3n) is 1.07. The molecule has 0 saturated carbocycles. The summed E-state index contributed by atoms with van der Waals surface area (Å²) in [5.41, 5.74) is 6.74. The number of nitrogens with two attached hydrogens (primary N) is 1. The van der Waals surface area contributed by atoms with Gasteiger partial charge in [0.25, 0.3) is 5.91 Å². The van der Waals surface area contributed by atoms with Gasteiger partial charge in [0.15, 0.2) is 6.61 Å². The minimum atomic E-state index is -0.661. The van der Waals surface area contributed by atoms with Crippen molar-refractivity contribution in [1.29, 1.82) is 0 Å². The van der Waals surface area contributed by atoms with Crippen molar-refractivity contribution in [1.82, 2.24) is 5.48 Å². The quantitative estimate of drug-likeness (QED) is 0.360. The van der Waals surface area contributed by atoms with E-state index in [9.17, 15) is 9.59 Å². The molecule has 0 aromatic heterocycles. The van der Waals surface area contributed by atoms with Gasteiger partial charge in [0.1, 0.15) is 6.61 Å². The molecule has 0 heterocycles. The SMILES string of the molecule is COCCOCC(=O)NOCC(N)=O. The first-order chi connectivity index (χ1) is 6.66. The molecule has 0 aromatic rings. The van der Waals surface area contributed by atoms with Crippen LogP contribution < -0.4 is 11.2 Å². The summed E-state index contributed by atoms with van der Waals surface area (Å²) in [5, 5.41) is 0. The molecule has 14 heavy (non-hydrogen) atoms. The summed E-state index contributed by atoms with van der Waals surface area (Å²) in [5.74, 6) is -1.15. The molecule has 0 aromatic carbocycles. The van der Waals surface area contributed by atoms with Crippen LogP contribution in [0.2, 0.25) is 0 Å². The highest BCUT2D eigenvalue weighted by Crippen LogP contribution is 1.77. The first-order valence-electron chi connectivity index (χ1n) is 3.92. The summed E-state index contributed by atoms with van der Waals surface area (Å²) in [4.78, 5) is 25.4. The average Bonchev–Trinajstić information content (AvgIpc) is 2.12. The summed E-state index contributed by atoms with van der Waals surface area (Å²) in [6, 6.07) is 0. The molecule has 0 bridgehead atoms. The zero-order valence-electron chi connectivity index (χ0n) is 7.95. The van der Waals surface area contributed by atoms with E-state index < -0.39 is 11.8 Å². The molecule has 0 aliphatic heterocycles. The molecule has 0 atom stereocenters. The van der Waals surface area contributed by atoms with Crippen LogP contribution in [-0.4, -0.2) is 45.4 Å². The van der Waals surface area contributed by atoms with E-state index in [2.05, 4.69) is 9.57 Å². The summed E-state index contributed by atoms with van der Waals surface area (Å²) in [7, 11) is 1.53. The van der Waals surface area contributed by atoms with Crippen LogP contribution in [-0.2, 0) is 23.9 Å². The maximum atomic E-state index is 10.8. The van der Waals surface area contributed by atoms with Gasteiger partial charge in [-0.2, -0.15) is 0 Å². The Morgan fingerprint density at radius 1 is 1.29 bits per heavy atom. The van der Waals surface area contributed by atoms with Crippen molar-refractivity contribution in [3.63, 3.8) is 0 Å². The van der Waals surface area contributed by atoms with Crippen LogP contribution in [0.1, 0.15) is 0 Å². The largest absolute Gasteiger partial charge is 0.382 e. The summed E-state index contributed by atoms with van der Waals surface area (Å²) < 4.78 is 9.55. The fourth-order valence-electron chi connectivity index (χ4n) is 0.524. The lowest BCUT2D eigenvalue weighted by Crippen LogP contribution is -2.32. The topological polar surface area (TPSA) is 99.9 Å². The van der Waals surface area contributed by atoms with Crippen LogP contribution in [0.25, 0.3) is 0 Å². The molecule has 0 radical (unpaired) electrons. The first-order valence-corrected chi connectivity index (χ1v) is 3.92. The normalized spacial score (nSPS) is 9.79. The fourth-order valence-corrected chi connectivity index (χ4v) is 0.524. The molecule has 0 rings (SSSR count). The molecular weight excluding hydrogens is 192 g/mol. The van der Waals surface area contributed by atoms with E-state index in [4.69, 9.17) is 10.5 Å². The third kappa shape index (κ3) is 8.91. The molecule has 3 N–H and O–H groups in total. The van der Waals surface area contributed by atoms with E-state index in [0.717, 1.165) is 0 Å². The van der Waals surface area contributed by atoms with Gasteiger partial charge in [-0.3, -0.25) is 14.4 Å². The van der Waals surface area contributed by atoms with Gasteiger partial charge in [-0.05, 0) is 0 Å². The second kappa shape index (κ2) is 8.42. The van der Waals surface area contributed by atoms with Crippen LogP contribution in [0, 0.1) is 0 Å². The Kier molecular flexibility index (Phi) is 7.71. The Balaban J connectivity index is 3.24. The molecule has 0 spiro atoms. The number of primary amides is 1. The number of rotatable bonds is 8. The van der Waals surface area contributed by atoms with E-state index in [1.165, 1.54) is 7.11 Å². The second-order valence-electron chi connectivity index (χ2n) is 2.33. The van der Waals surface area contributed by atoms with Crippen LogP contribution in [0.15, 0.2) is 0 Å². The molecular formula is C7H14N2O5. The molecule has 7 heteroatoms. The lowest BCUT2D eigenvalue weighted by molar-refractivity contribution is -0.141. The second-order valence-corrected chi connectivity index (χ2v) is 2.33. The Labute approximate surface area is 81.4 Å². The van der Waals surface area contributed by atoms with Crippen LogP contribution >= 0.6 is 0 Å². The number of ether oxygens (including phenoxy) is 2. The minimum Gasteiger partial charge on any atom is -0.382 e. The molecule has 0 aliphatic rings. The van der Waals surface area contributed by atoms with Gasteiger partial charge >= 0.3 is 0 Å². The molecule has 82 valence electrons. The van der Waals surface area contributed by atoms with Gasteiger partial charge in [0.05, 0.1) is 13.2 Å². The molecule has 2 amide bonds. The highest BCUT2D eigenvalue weighted by atomic mass is 16.7. The molecule has 0 saturated heterocycles. The summed E-state index contributed by atoms with van der Waals surface area (Å²) >= 11 is 0. The van der Waals surface area contributed by atoms with Crippen LogP contribution in [0.4, 0.5) is 0 Å². The Bertz CT molecular complexity index is 185. The fraction of sp³-hybridized carbons (Fsp3) is 0.714. The number of methoxy groups -OCH3 is 1. The zero-order chi connectivity index (χ0) is 10.8. The zero-order valence-corrected chi connectivity index (χ0v) is 7.95. The van der Waals surface area contributed by atoms with Crippen molar-refractivity contribution in [2.75, 3.05) is 33.5 Å². The van der Waals surface area contributed by atoms with Gasteiger partial charge in [-0.25, -0.2) is 5.48 Å². The molecule has 0 fully saturated rings. The molecule has 7 nitrogen and oxygen atoms in total. The van der Waals surface area contributed by atoms with Crippen LogP contribution in [0.5, 0.6) is 0 Å². The highest BCUT2D eigenvalue weighted by Gasteiger charge is 2.01. The lowest BCUT2D eigenvalue weighted by Gasteiger charge is -2.04. The number of hydroxylamine groups is 1. The Hall–Kier alpha value is -1.18. The summed E-state index contributed by atoms with van der Waals surface area (Å²) in [6.45, 7) is 0.223. The number of hydrogen-bond donors (Lipinski definition) is 2. The van der Waals surface area contributed by atoms with E-state index in [0.29, 0.717) is 13.2 Å². The standard InChI is InChI=1S/C7H14N2O5/c1-12-2-3-13-5-7(11)9-14-4-6(8)10/h2-5H2,1H3,(H2,8,10)(H,9,11). The van der Waals surface area contributed by atoms with E-state index >= 15 is 0 Å². The Morgan fingerprint density at radius 2 is 2.00 bits per heavy atom. The predicted molar refractivity (Wildman–Crippen MR) is 46.0 cm³/mol. The smallest absolute Gasteiger partial charge is 0.269 e.